The van der Waals surface area contributed by atoms with E-state index in [0.717, 1.165) is 22.8 Å². The zero-order chi connectivity index (χ0) is 35.5. The Labute approximate surface area is 278 Å². The summed E-state index contributed by atoms with van der Waals surface area (Å²) >= 11 is 6.30. The standard InChI is InChI=1S/C33H32ClF3N2O2.C2HF3O2/c1-23-16-17-26(32(38)40)20-30(23)41-19-9-18-39(21-27-14-8-15-29(31(27)34)33(35,36)37)22-28(24-10-4-2-5-11-24)25-12-6-3-7-13-25;3-2(4,5)1(6)7/h2-8,10-17,20,28H,9,18-19,21-22H2,1H3,(H2,38,40);(H,6,7). The normalized spacial score (nSPS) is 11.6. The molecule has 4 aromatic rings. The van der Waals surface area contributed by atoms with Gasteiger partial charge in [0, 0.05) is 31.1 Å². The molecule has 4 aromatic carbocycles. The molecule has 0 spiro atoms. The van der Waals surface area contributed by atoms with Crippen molar-refractivity contribution < 1.29 is 45.8 Å². The molecular formula is C35H33ClF6N2O4. The van der Waals surface area contributed by atoms with Crippen LogP contribution in [-0.4, -0.2) is 47.8 Å². The third-order valence-corrected chi connectivity index (χ3v) is 7.66. The summed E-state index contributed by atoms with van der Waals surface area (Å²) in [5.74, 6) is -2.74. The van der Waals surface area contributed by atoms with Crippen LogP contribution in [0, 0.1) is 6.92 Å². The zero-order valence-electron chi connectivity index (χ0n) is 25.7. The summed E-state index contributed by atoms with van der Waals surface area (Å²) in [4.78, 5) is 22.6. The number of nitrogens with zero attached hydrogens (tertiary/aromatic N) is 1. The summed E-state index contributed by atoms with van der Waals surface area (Å²) < 4.78 is 78.5. The Hall–Kier alpha value is -4.55. The molecule has 0 saturated carbocycles. The van der Waals surface area contributed by atoms with Crippen LogP contribution in [0.25, 0.3) is 0 Å². The van der Waals surface area contributed by atoms with Gasteiger partial charge in [-0.2, -0.15) is 26.3 Å². The Bertz CT molecular complexity index is 1610. The molecule has 0 radical (unpaired) electrons. The van der Waals surface area contributed by atoms with Crippen LogP contribution in [0.2, 0.25) is 5.02 Å². The van der Waals surface area contributed by atoms with Crippen molar-refractivity contribution in [2.75, 3.05) is 19.7 Å². The quantitative estimate of drug-likeness (QED) is 0.115. The fourth-order valence-electron chi connectivity index (χ4n) is 4.81. The average Bonchev–Trinajstić information content (AvgIpc) is 3.03. The summed E-state index contributed by atoms with van der Waals surface area (Å²) in [5, 5.41) is 6.84. The lowest BCUT2D eigenvalue weighted by Gasteiger charge is -2.29. The number of halogens is 7. The second-order valence-electron chi connectivity index (χ2n) is 10.7. The van der Waals surface area contributed by atoms with Crippen molar-refractivity contribution in [2.24, 2.45) is 5.73 Å². The highest BCUT2D eigenvalue weighted by atomic mass is 35.5. The minimum atomic E-state index is -5.08. The topological polar surface area (TPSA) is 92.9 Å². The van der Waals surface area contributed by atoms with Crippen LogP contribution in [0.1, 0.15) is 50.5 Å². The minimum absolute atomic E-state index is 0.0163. The van der Waals surface area contributed by atoms with E-state index < -0.39 is 29.8 Å². The van der Waals surface area contributed by atoms with Crippen molar-refractivity contribution in [3.63, 3.8) is 0 Å². The maximum Gasteiger partial charge on any atom is 0.490 e. The SMILES string of the molecule is Cc1ccc(C(N)=O)cc1OCCCN(Cc1cccc(C(F)(F)F)c1Cl)CC(c1ccccc1)c1ccccc1.O=C(O)C(F)(F)F. The highest BCUT2D eigenvalue weighted by Gasteiger charge is 2.38. The van der Waals surface area contributed by atoms with Crippen molar-refractivity contribution in [3.05, 3.63) is 135 Å². The first-order valence-electron chi connectivity index (χ1n) is 14.6. The van der Waals surface area contributed by atoms with Crippen LogP contribution in [0.15, 0.2) is 97.1 Å². The Balaban J connectivity index is 0.000000804. The third-order valence-electron chi connectivity index (χ3n) is 7.21. The van der Waals surface area contributed by atoms with Gasteiger partial charge >= 0.3 is 18.3 Å². The summed E-state index contributed by atoms with van der Waals surface area (Å²) in [6, 6.07) is 29.2. The molecule has 0 saturated heterocycles. The minimum Gasteiger partial charge on any atom is -0.493 e. The molecule has 0 aliphatic carbocycles. The molecule has 4 rings (SSSR count). The van der Waals surface area contributed by atoms with Gasteiger partial charge in [0.25, 0.3) is 0 Å². The molecule has 0 atom stereocenters. The molecule has 3 N–H and O–H groups in total. The molecule has 48 heavy (non-hydrogen) atoms. The second kappa shape index (κ2) is 17.0. The van der Waals surface area contributed by atoms with Crippen LogP contribution in [0.5, 0.6) is 5.75 Å². The number of rotatable bonds is 12. The van der Waals surface area contributed by atoms with Gasteiger partial charge in [-0.05, 0) is 53.8 Å². The van der Waals surface area contributed by atoms with Gasteiger partial charge in [0.05, 0.1) is 17.2 Å². The number of aryl methyl sites for hydroxylation is 1. The number of nitrogens with two attached hydrogens (primary N) is 1. The van der Waals surface area contributed by atoms with E-state index in [-0.39, 0.29) is 17.5 Å². The number of amides is 1. The van der Waals surface area contributed by atoms with E-state index in [0.29, 0.717) is 43.0 Å². The van der Waals surface area contributed by atoms with Gasteiger partial charge in [-0.15, -0.1) is 0 Å². The highest BCUT2D eigenvalue weighted by molar-refractivity contribution is 6.32. The summed E-state index contributed by atoms with van der Waals surface area (Å²) in [6.07, 6.45) is -9.03. The molecule has 0 aromatic heterocycles. The number of benzene rings is 4. The molecule has 6 nitrogen and oxygen atoms in total. The van der Waals surface area contributed by atoms with E-state index in [1.54, 1.807) is 24.3 Å². The second-order valence-corrected chi connectivity index (χ2v) is 11.1. The number of hydrogen-bond donors (Lipinski definition) is 2. The highest BCUT2D eigenvalue weighted by Crippen LogP contribution is 2.37. The Morgan fingerprint density at radius 3 is 1.94 bits per heavy atom. The molecule has 0 bridgehead atoms. The largest absolute Gasteiger partial charge is 0.493 e. The van der Waals surface area contributed by atoms with E-state index >= 15 is 0 Å². The van der Waals surface area contributed by atoms with Gasteiger partial charge in [0.15, 0.2) is 0 Å². The van der Waals surface area contributed by atoms with E-state index in [1.807, 2.05) is 43.3 Å². The Kier molecular flexibility index (Phi) is 13.4. The Morgan fingerprint density at radius 1 is 0.875 bits per heavy atom. The maximum absolute atomic E-state index is 13.6. The van der Waals surface area contributed by atoms with Crippen LogP contribution < -0.4 is 10.5 Å². The predicted molar refractivity (Wildman–Crippen MR) is 170 cm³/mol. The summed E-state index contributed by atoms with van der Waals surface area (Å²) in [7, 11) is 0. The first kappa shape index (κ1) is 37.9. The van der Waals surface area contributed by atoms with Gasteiger partial charge in [-0.1, -0.05) is 90.5 Å². The number of carboxylic acids is 1. The monoisotopic (exact) mass is 694 g/mol. The van der Waals surface area contributed by atoms with E-state index in [1.165, 1.54) is 6.07 Å². The number of primary amides is 1. The average molecular weight is 695 g/mol. The zero-order valence-corrected chi connectivity index (χ0v) is 26.4. The van der Waals surface area contributed by atoms with Crippen LogP contribution in [-0.2, 0) is 17.5 Å². The van der Waals surface area contributed by atoms with Gasteiger partial charge in [0.1, 0.15) is 5.75 Å². The third kappa shape index (κ3) is 11.3. The predicted octanol–water partition coefficient (Wildman–Crippen LogP) is 8.50. The van der Waals surface area contributed by atoms with Crippen LogP contribution in [0.3, 0.4) is 0 Å². The molecule has 0 heterocycles. The Morgan fingerprint density at radius 2 is 1.44 bits per heavy atom. The van der Waals surface area contributed by atoms with Crippen LogP contribution >= 0.6 is 11.6 Å². The van der Waals surface area contributed by atoms with Gasteiger partial charge in [0.2, 0.25) is 5.91 Å². The van der Waals surface area contributed by atoms with Crippen LogP contribution in [0.4, 0.5) is 26.3 Å². The van der Waals surface area contributed by atoms with E-state index in [9.17, 15) is 31.1 Å². The number of carbonyl (C=O) groups excluding carboxylic acids is 1. The lowest BCUT2D eigenvalue weighted by Crippen LogP contribution is -2.31. The number of alkyl halides is 6. The fourth-order valence-corrected chi connectivity index (χ4v) is 5.10. The molecule has 0 aliphatic heterocycles. The van der Waals surface area contributed by atoms with Gasteiger partial charge < -0.3 is 15.6 Å². The fraction of sp³-hybridized carbons (Fsp3) is 0.257. The van der Waals surface area contributed by atoms with E-state index in [2.05, 4.69) is 29.2 Å². The number of carboxylic acid groups (broad SMARTS) is 1. The first-order chi connectivity index (χ1) is 22.6. The van der Waals surface area contributed by atoms with Crippen molar-refractivity contribution in [3.8, 4) is 5.75 Å². The molecule has 0 aliphatic rings. The molecular weight excluding hydrogens is 662 g/mol. The molecule has 256 valence electrons. The lowest BCUT2D eigenvalue weighted by atomic mass is 9.90. The molecule has 1 amide bonds. The smallest absolute Gasteiger partial charge is 0.490 e. The molecule has 0 fully saturated rings. The number of aliphatic carboxylic acids is 1. The maximum atomic E-state index is 13.6. The number of carbonyl (C=O) groups is 2. The molecule has 0 unspecified atom stereocenters. The van der Waals surface area contributed by atoms with Crippen molar-refractivity contribution in [1.82, 2.24) is 4.90 Å². The molecule has 13 heteroatoms. The van der Waals surface area contributed by atoms with Gasteiger partial charge in [-0.25, -0.2) is 4.79 Å². The summed E-state index contributed by atoms with van der Waals surface area (Å²) in [6.45, 7) is 3.55. The van der Waals surface area contributed by atoms with Crippen molar-refractivity contribution >= 4 is 23.5 Å². The number of ether oxygens (including phenoxy) is 1. The number of hydrogen-bond acceptors (Lipinski definition) is 4. The van der Waals surface area contributed by atoms with Gasteiger partial charge in [-0.3, -0.25) is 9.69 Å². The van der Waals surface area contributed by atoms with Crippen molar-refractivity contribution in [2.45, 2.75) is 38.2 Å². The van der Waals surface area contributed by atoms with E-state index in [4.69, 9.17) is 32.0 Å². The first-order valence-corrected chi connectivity index (χ1v) is 15.0. The summed E-state index contributed by atoms with van der Waals surface area (Å²) in [5.41, 5.74) is 8.42. The van der Waals surface area contributed by atoms with Crippen molar-refractivity contribution in [1.29, 1.82) is 0 Å². The lowest BCUT2D eigenvalue weighted by molar-refractivity contribution is -0.192.